The predicted octanol–water partition coefficient (Wildman–Crippen LogP) is 0.840. The number of aliphatic hydroxyl groups is 1. The highest BCUT2D eigenvalue weighted by molar-refractivity contribution is 5.58. The molecule has 6 heteroatoms. The molecule has 0 saturated carbocycles. The summed E-state index contributed by atoms with van der Waals surface area (Å²) in [5, 5.41) is 10.0. The van der Waals surface area contributed by atoms with Crippen LogP contribution in [0.15, 0.2) is 0 Å². The van der Waals surface area contributed by atoms with E-state index in [2.05, 4.69) is 27.2 Å². The number of hydrogen-bond donors (Lipinski definition) is 3. The van der Waals surface area contributed by atoms with E-state index in [0.29, 0.717) is 18.3 Å². The molecule has 1 aliphatic rings. The monoisotopic (exact) mass is 265 g/mol. The van der Waals surface area contributed by atoms with Gasteiger partial charge in [-0.05, 0) is 19.3 Å². The lowest BCUT2D eigenvalue weighted by Crippen LogP contribution is -2.43. The molecule has 19 heavy (non-hydrogen) atoms. The molecule has 1 aliphatic heterocycles. The summed E-state index contributed by atoms with van der Waals surface area (Å²) in [5.41, 5.74) is 3.56. The summed E-state index contributed by atoms with van der Waals surface area (Å²) in [6.45, 7) is 7.57. The van der Waals surface area contributed by atoms with E-state index in [1.54, 1.807) is 0 Å². The van der Waals surface area contributed by atoms with E-state index < -0.39 is 0 Å². The fourth-order valence-electron chi connectivity index (χ4n) is 2.40. The molecule has 0 amide bonds. The highest BCUT2D eigenvalue weighted by Gasteiger charge is 2.26. The van der Waals surface area contributed by atoms with Crippen LogP contribution in [0.4, 0.5) is 11.6 Å². The van der Waals surface area contributed by atoms with E-state index in [1.165, 1.54) is 0 Å². The van der Waals surface area contributed by atoms with Crippen LogP contribution in [0.5, 0.6) is 0 Å². The summed E-state index contributed by atoms with van der Waals surface area (Å²) in [6.07, 6.45) is 1.43. The number of nitrogens with zero attached hydrogens (tertiary/aromatic N) is 3. The molecule has 0 aromatic carbocycles. The number of nitrogen functional groups attached to an aromatic ring is 1. The third-order valence-corrected chi connectivity index (χ3v) is 3.84. The number of piperidine rings is 1. The van der Waals surface area contributed by atoms with E-state index in [-0.39, 0.29) is 6.10 Å². The number of β-amino-alcohol motifs (C(OH)–C–C–N with tert-alkyl or cyclic N) is 1. The first-order chi connectivity index (χ1) is 9.06. The third-order valence-electron chi connectivity index (χ3n) is 3.84. The van der Waals surface area contributed by atoms with Crippen molar-refractivity contribution in [2.24, 2.45) is 11.8 Å². The minimum Gasteiger partial charge on any atom is -0.391 e. The Balaban J connectivity index is 2.33. The maximum Gasteiger partial charge on any atom is 0.148 e. The molecule has 0 aliphatic carbocycles. The average molecular weight is 265 g/mol. The quantitative estimate of drug-likeness (QED) is 0.554. The van der Waals surface area contributed by atoms with Gasteiger partial charge in [0.2, 0.25) is 0 Å². The smallest absolute Gasteiger partial charge is 0.148 e. The van der Waals surface area contributed by atoms with Crippen LogP contribution < -0.4 is 16.2 Å². The zero-order valence-corrected chi connectivity index (χ0v) is 11.8. The molecule has 1 fully saturated rings. The van der Waals surface area contributed by atoms with E-state index in [0.717, 1.165) is 36.6 Å². The summed E-state index contributed by atoms with van der Waals surface area (Å²) in [5.74, 6) is 8.17. The van der Waals surface area contributed by atoms with Gasteiger partial charge in [-0.2, -0.15) is 0 Å². The topological polar surface area (TPSA) is 87.3 Å². The van der Waals surface area contributed by atoms with Crippen LogP contribution in [0.2, 0.25) is 0 Å². The number of aliphatic hydroxyl groups excluding tert-OH is 1. The number of nitrogens with one attached hydrogen (secondary N) is 1. The number of anilines is 2. The molecule has 1 saturated heterocycles. The average Bonchev–Trinajstić information content (AvgIpc) is 2.42. The van der Waals surface area contributed by atoms with Crippen molar-refractivity contribution in [2.75, 3.05) is 23.4 Å². The largest absolute Gasteiger partial charge is 0.391 e. The normalized spacial score (nSPS) is 23.5. The van der Waals surface area contributed by atoms with Crippen molar-refractivity contribution in [2.45, 2.75) is 39.7 Å². The molecule has 1 aromatic heterocycles. The molecular weight excluding hydrogens is 242 g/mol. The molecule has 2 unspecified atom stereocenters. The number of hydrazine groups is 1. The second-order valence-electron chi connectivity index (χ2n) is 5.21. The number of rotatable bonds is 3. The standard InChI is InChI=1S/C13H23N5O/c1-4-11-15-12(17-14)9(3)13(16-11)18-6-5-8(2)10(19)7-18/h8,10,19H,4-7,14H2,1-3H3,(H,15,16,17). The fraction of sp³-hybridized carbons (Fsp3) is 0.692. The van der Waals surface area contributed by atoms with Crippen molar-refractivity contribution >= 4 is 11.6 Å². The van der Waals surface area contributed by atoms with Crippen molar-refractivity contribution in [1.29, 1.82) is 0 Å². The van der Waals surface area contributed by atoms with E-state index in [4.69, 9.17) is 5.84 Å². The van der Waals surface area contributed by atoms with Crippen LogP contribution in [0, 0.1) is 12.8 Å². The molecule has 0 spiro atoms. The SMILES string of the molecule is CCc1nc(NN)c(C)c(N2CCC(C)C(O)C2)n1. The molecule has 6 nitrogen and oxygen atoms in total. The van der Waals surface area contributed by atoms with Crippen LogP contribution in [-0.2, 0) is 6.42 Å². The van der Waals surface area contributed by atoms with Gasteiger partial charge >= 0.3 is 0 Å². The summed E-state index contributed by atoms with van der Waals surface area (Å²) in [7, 11) is 0. The zero-order chi connectivity index (χ0) is 14.0. The van der Waals surface area contributed by atoms with Gasteiger partial charge in [-0.1, -0.05) is 13.8 Å². The Hall–Kier alpha value is -1.40. The maximum absolute atomic E-state index is 10.0. The van der Waals surface area contributed by atoms with Crippen molar-refractivity contribution < 1.29 is 5.11 Å². The fourth-order valence-corrected chi connectivity index (χ4v) is 2.40. The summed E-state index contributed by atoms with van der Waals surface area (Å²) >= 11 is 0. The first-order valence-corrected chi connectivity index (χ1v) is 6.84. The van der Waals surface area contributed by atoms with E-state index in [9.17, 15) is 5.11 Å². The van der Waals surface area contributed by atoms with Gasteiger partial charge in [0.1, 0.15) is 17.5 Å². The number of nitrogens with two attached hydrogens (primary N) is 1. The van der Waals surface area contributed by atoms with Crippen LogP contribution in [0.3, 0.4) is 0 Å². The highest BCUT2D eigenvalue weighted by Crippen LogP contribution is 2.27. The van der Waals surface area contributed by atoms with E-state index in [1.807, 2.05) is 13.8 Å². The predicted molar refractivity (Wildman–Crippen MR) is 76.0 cm³/mol. The molecule has 2 atom stereocenters. The molecule has 1 aromatic rings. The molecule has 2 heterocycles. The Morgan fingerprint density at radius 1 is 1.47 bits per heavy atom. The van der Waals surface area contributed by atoms with Crippen molar-refractivity contribution in [3.05, 3.63) is 11.4 Å². The molecule has 106 valence electrons. The summed E-state index contributed by atoms with van der Waals surface area (Å²) in [6, 6.07) is 0. The molecular formula is C13H23N5O. The second kappa shape index (κ2) is 5.71. The van der Waals surface area contributed by atoms with Crippen LogP contribution in [-0.4, -0.2) is 34.3 Å². The number of aryl methyl sites for hydroxylation is 1. The minimum atomic E-state index is -0.303. The van der Waals surface area contributed by atoms with Gasteiger partial charge in [-0.3, -0.25) is 0 Å². The first kappa shape index (κ1) is 14.0. The van der Waals surface area contributed by atoms with Crippen molar-refractivity contribution in [3.63, 3.8) is 0 Å². The number of hydrogen-bond acceptors (Lipinski definition) is 6. The first-order valence-electron chi connectivity index (χ1n) is 6.84. The van der Waals surface area contributed by atoms with Gasteiger partial charge in [-0.25, -0.2) is 15.8 Å². The van der Waals surface area contributed by atoms with Crippen molar-refractivity contribution in [1.82, 2.24) is 9.97 Å². The van der Waals surface area contributed by atoms with Gasteiger partial charge in [0.25, 0.3) is 0 Å². The minimum absolute atomic E-state index is 0.303. The summed E-state index contributed by atoms with van der Waals surface area (Å²) < 4.78 is 0. The Kier molecular flexibility index (Phi) is 4.21. The molecule has 0 bridgehead atoms. The highest BCUT2D eigenvalue weighted by atomic mass is 16.3. The lowest BCUT2D eigenvalue weighted by molar-refractivity contribution is 0.102. The van der Waals surface area contributed by atoms with Crippen LogP contribution in [0.25, 0.3) is 0 Å². The van der Waals surface area contributed by atoms with Gasteiger partial charge in [0.15, 0.2) is 0 Å². The van der Waals surface area contributed by atoms with Crippen LogP contribution in [0.1, 0.15) is 31.7 Å². The molecule has 0 radical (unpaired) electrons. The van der Waals surface area contributed by atoms with Gasteiger partial charge in [0, 0.05) is 25.1 Å². The Morgan fingerprint density at radius 3 is 2.79 bits per heavy atom. The lowest BCUT2D eigenvalue weighted by Gasteiger charge is -2.36. The second-order valence-corrected chi connectivity index (χ2v) is 5.21. The van der Waals surface area contributed by atoms with E-state index >= 15 is 0 Å². The number of aromatic nitrogens is 2. The van der Waals surface area contributed by atoms with Gasteiger partial charge < -0.3 is 15.4 Å². The summed E-state index contributed by atoms with van der Waals surface area (Å²) in [4.78, 5) is 11.1. The third kappa shape index (κ3) is 2.79. The van der Waals surface area contributed by atoms with Crippen LogP contribution >= 0.6 is 0 Å². The molecule has 4 N–H and O–H groups in total. The Morgan fingerprint density at radius 2 is 2.21 bits per heavy atom. The van der Waals surface area contributed by atoms with Gasteiger partial charge in [0.05, 0.1) is 6.10 Å². The van der Waals surface area contributed by atoms with Crippen molar-refractivity contribution in [3.8, 4) is 0 Å². The zero-order valence-electron chi connectivity index (χ0n) is 11.8. The lowest BCUT2D eigenvalue weighted by atomic mass is 9.96. The Labute approximate surface area is 114 Å². The maximum atomic E-state index is 10.0. The molecule has 2 rings (SSSR count). The Bertz CT molecular complexity index is 451. The van der Waals surface area contributed by atoms with Gasteiger partial charge in [-0.15, -0.1) is 0 Å².